The second kappa shape index (κ2) is 7.08. The van der Waals surface area contributed by atoms with Crippen molar-refractivity contribution < 1.29 is 9.90 Å². The molecule has 0 radical (unpaired) electrons. The highest BCUT2D eigenvalue weighted by Gasteiger charge is 2.23. The molecule has 3 aromatic heterocycles. The minimum absolute atomic E-state index is 0.233. The zero-order chi connectivity index (χ0) is 19.0. The number of aliphatic hydroxyl groups is 1. The average molecular weight is 365 g/mol. The van der Waals surface area contributed by atoms with Crippen LogP contribution in [0.1, 0.15) is 47.9 Å². The third-order valence-corrected chi connectivity index (χ3v) is 5.40. The lowest BCUT2D eigenvalue weighted by molar-refractivity contribution is 0.0996. The van der Waals surface area contributed by atoms with Gasteiger partial charge in [0.25, 0.3) is 5.91 Å². The van der Waals surface area contributed by atoms with Crippen molar-refractivity contribution in [1.29, 1.82) is 0 Å². The number of hydrogen-bond donors (Lipinski definition) is 2. The molecule has 3 aromatic rings. The number of carbonyl (C=O) groups excluding carboxylic acids is 1. The zero-order valence-electron chi connectivity index (χ0n) is 15.3. The first-order valence-electron chi connectivity index (χ1n) is 9.28. The molecule has 0 atom stereocenters. The quantitative estimate of drug-likeness (QED) is 0.739. The summed E-state index contributed by atoms with van der Waals surface area (Å²) in [6.45, 7) is 2.09. The summed E-state index contributed by atoms with van der Waals surface area (Å²) in [5.74, 6) is -0.146. The van der Waals surface area contributed by atoms with Gasteiger partial charge in [-0.2, -0.15) is 5.10 Å². The van der Waals surface area contributed by atoms with E-state index in [0.717, 1.165) is 42.3 Å². The Labute approximate surface area is 157 Å². The minimum atomic E-state index is -0.563. The summed E-state index contributed by atoms with van der Waals surface area (Å²) in [5, 5.41) is 15.0. The first kappa shape index (κ1) is 17.6. The van der Waals surface area contributed by atoms with Crippen LogP contribution >= 0.6 is 0 Å². The Hall–Kier alpha value is -2.80. The van der Waals surface area contributed by atoms with E-state index in [4.69, 9.17) is 5.73 Å². The summed E-state index contributed by atoms with van der Waals surface area (Å²) in [5.41, 5.74) is 8.58. The highest BCUT2D eigenvalue weighted by atomic mass is 16.3. The van der Waals surface area contributed by atoms with Gasteiger partial charge >= 0.3 is 0 Å². The van der Waals surface area contributed by atoms with Crippen LogP contribution < -0.4 is 5.73 Å². The highest BCUT2D eigenvalue weighted by molar-refractivity contribution is 5.98. The summed E-state index contributed by atoms with van der Waals surface area (Å²) in [4.78, 5) is 20.5. The molecule has 0 aliphatic heterocycles. The van der Waals surface area contributed by atoms with E-state index in [9.17, 15) is 9.90 Å². The third-order valence-electron chi connectivity index (χ3n) is 5.40. The van der Waals surface area contributed by atoms with E-state index in [1.807, 2.05) is 36.0 Å². The molecule has 4 rings (SSSR count). The molecule has 7 nitrogen and oxygen atoms in total. The van der Waals surface area contributed by atoms with Crippen LogP contribution in [0.4, 0.5) is 0 Å². The van der Waals surface area contributed by atoms with Crippen molar-refractivity contribution in [2.75, 3.05) is 6.61 Å². The normalized spacial score (nSPS) is 20.1. The minimum Gasteiger partial charge on any atom is -0.396 e. The van der Waals surface area contributed by atoms with Gasteiger partial charge in [0.15, 0.2) is 0 Å². The van der Waals surface area contributed by atoms with Gasteiger partial charge in [0.05, 0.1) is 17.9 Å². The predicted molar refractivity (Wildman–Crippen MR) is 102 cm³/mol. The van der Waals surface area contributed by atoms with Crippen LogP contribution in [0.25, 0.3) is 22.2 Å². The van der Waals surface area contributed by atoms with Crippen LogP contribution in [0.15, 0.2) is 30.6 Å². The summed E-state index contributed by atoms with van der Waals surface area (Å²) < 4.78 is 2.02. The van der Waals surface area contributed by atoms with Gasteiger partial charge in [0, 0.05) is 29.4 Å². The Bertz CT molecular complexity index is 989. The van der Waals surface area contributed by atoms with Crippen molar-refractivity contribution >= 4 is 16.8 Å². The van der Waals surface area contributed by atoms with Gasteiger partial charge in [-0.15, -0.1) is 0 Å². The molecule has 140 valence electrons. The third kappa shape index (κ3) is 3.42. The molecule has 0 bridgehead atoms. The van der Waals surface area contributed by atoms with E-state index < -0.39 is 5.91 Å². The van der Waals surface area contributed by atoms with Gasteiger partial charge < -0.3 is 10.8 Å². The molecule has 1 fully saturated rings. The molecule has 1 aliphatic carbocycles. The number of aromatic nitrogens is 4. The van der Waals surface area contributed by atoms with Crippen molar-refractivity contribution in [3.63, 3.8) is 0 Å². The standard InChI is InChI=1S/C20H23N5O2/c1-12-2-7-16(19(23-12)20(21)27)17-8-14-10-25(24-18(14)9-22-17)15-5-3-13(11-26)4-6-15/h2,7-10,13,15,26H,3-6,11H2,1H3,(H2,21,27). The number of nitrogens with zero attached hydrogens (tertiary/aromatic N) is 4. The molecule has 3 N–H and O–H groups in total. The summed E-state index contributed by atoms with van der Waals surface area (Å²) in [6.07, 6.45) is 7.86. The number of aryl methyl sites for hydroxylation is 1. The van der Waals surface area contributed by atoms with Crippen molar-refractivity contribution in [3.05, 3.63) is 42.0 Å². The van der Waals surface area contributed by atoms with Crippen molar-refractivity contribution in [3.8, 4) is 11.3 Å². The highest BCUT2D eigenvalue weighted by Crippen LogP contribution is 2.33. The molecule has 1 aliphatic rings. The lowest BCUT2D eigenvalue weighted by atomic mass is 9.87. The van der Waals surface area contributed by atoms with Gasteiger partial charge in [-0.05, 0) is 56.7 Å². The molecule has 0 spiro atoms. The van der Waals surface area contributed by atoms with Gasteiger partial charge in [-0.1, -0.05) is 0 Å². The molecule has 3 heterocycles. The van der Waals surface area contributed by atoms with Crippen molar-refractivity contribution in [2.24, 2.45) is 11.7 Å². The molecular formula is C20H23N5O2. The Balaban J connectivity index is 1.67. The summed E-state index contributed by atoms with van der Waals surface area (Å²) >= 11 is 0. The molecule has 7 heteroatoms. The molecule has 0 saturated heterocycles. The number of rotatable bonds is 4. The van der Waals surface area contributed by atoms with Crippen LogP contribution in [-0.2, 0) is 0 Å². The van der Waals surface area contributed by atoms with Gasteiger partial charge in [0.1, 0.15) is 11.2 Å². The fourth-order valence-electron chi connectivity index (χ4n) is 3.82. The maximum absolute atomic E-state index is 11.8. The first-order valence-corrected chi connectivity index (χ1v) is 9.28. The lowest BCUT2D eigenvalue weighted by Gasteiger charge is -2.27. The van der Waals surface area contributed by atoms with Crippen LogP contribution in [0.5, 0.6) is 0 Å². The van der Waals surface area contributed by atoms with Crippen LogP contribution in [-0.4, -0.2) is 37.4 Å². The van der Waals surface area contributed by atoms with E-state index in [-0.39, 0.29) is 12.3 Å². The Morgan fingerprint density at radius 1 is 1.30 bits per heavy atom. The summed E-state index contributed by atoms with van der Waals surface area (Å²) in [6, 6.07) is 5.95. The second-order valence-electron chi connectivity index (χ2n) is 7.31. The predicted octanol–water partition coefficient (Wildman–Crippen LogP) is 2.62. The Morgan fingerprint density at radius 2 is 2.07 bits per heavy atom. The number of carbonyl (C=O) groups is 1. The smallest absolute Gasteiger partial charge is 0.268 e. The largest absolute Gasteiger partial charge is 0.396 e. The average Bonchev–Trinajstić information content (AvgIpc) is 3.11. The van der Waals surface area contributed by atoms with E-state index in [1.54, 1.807) is 6.20 Å². The fraction of sp³-hybridized carbons (Fsp3) is 0.400. The van der Waals surface area contributed by atoms with Crippen LogP contribution in [0, 0.1) is 12.8 Å². The Morgan fingerprint density at radius 3 is 2.78 bits per heavy atom. The van der Waals surface area contributed by atoms with Gasteiger partial charge in [-0.25, -0.2) is 4.98 Å². The van der Waals surface area contributed by atoms with Gasteiger partial charge in [0.2, 0.25) is 0 Å². The number of pyridine rings is 2. The molecule has 27 heavy (non-hydrogen) atoms. The monoisotopic (exact) mass is 365 g/mol. The molecule has 1 amide bonds. The maximum atomic E-state index is 11.8. The van der Waals surface area contributed by atoms with E-state index in [1.165, 1.54) is 0 Å². The lowest BCUT2D eigenvalue weighted by Crippen LogP contribution is -2.20. The molecule has 1 saturated carbocycles. The SMILES string of the molecule is Cc1ccc(-c2cc3cn(C4CCC(CO)CC4)nc3cn2)c(C(N)=O)n1. The number of aliphatic hydroxyl groups excluding tert-OH is 1. The van der Waals surface area contributed by atoms with Crippen LogP contribution in [0.2, 0.25) is 0 Å². The van der Waals surface area contributed by atoms with Crippen LogP contribution in [0.3, 0.4) is 0 Å². The zero-order valence-corrected chi connectivity index (χ0v) is 15.3. The summed E-state index contributed by atoms with van der Waals surface area (Å²) in [7, 11) is 0. The molecule has 0 unspecified atom stereocenters. The van der Waals surface area contributed by atoms with Crippen molar-refractivity contribution in [2.45, 2.75) is 38.6 Å². The number of nitrogens with two attached hydrogens (primary N) is 1. The second-order valence-corrected chi connectivity index (χ2v) is 7.31. The number of fused-ring (bicyclic) bond motifs is 1. The molecule has 0 aromatic carbocycles. The number of amides is 1. The topological polar surface area (TPSA) is 107 Å². The van der Waals surface area contributed by atoms with E-state index in [0.29, 0.717) is 23.2 Å². The van der Waals surface area contributed by atoms with Gasteiger partial charge in [-0.3, -0.25) is 14.5 Å². The Kier molecular flexibility index (Phi) is 4.61. The van der Waals surface area contributed by atoms with Crippen molar-refractivity contribution in [1.82, 2.24) is 19.7 Å². The molecular weight excluding hydrogens is 342 g/mol. The fourth-order valence-corrected chi connectivity index (χ4v) is 3.82. The first-order chi connectivity index (χ1) is 13.0. The maximum Gasteiger partial charge on any atom is 0.268 e. The number of primary amides is 1. The van der Waals surface area contributed by atoms with E-state index >= 15 is 0 Å². The number of hydrogen-bond acceptors (Lipinski definition) is 5. The van der Waals surface area contributed by atoms with E-state index in [2.05, 4.69) is 15.1 Å².